The Balaban J connectivity index is 1.63. The number of benzene rings is 3. The number of fused-ring (bicyclic) bond motifs is 2. The molecule has 0 bridgehead atoms. The minimum Gasteiger partial charge on any atom is -0.508 e. The molecule has 3 aromatic carbocycles. The van der Waals surface area contributed by atoms with Crippen LogP contribution >= 0.6 is 11.6 Å². The number of phenolic OH excluding ortho intramolecular Hbond substituents is 1. The predicted octanol–water partition coefficient (Wildman–Crippen LogP) is 4.56. The quantitative estimate of drug-likeness (QED) is 0.676. The van der Waals surface area contributed by atoms with Gasteiger partial charge in [0, 0.05) is 17.1 Å². The van der Waals surface area contributed by atoms with Crippen molar-refractivity contribution in [2.24, 2.45) is 0 Å². The van der Waals surface area contributed by atoms with Crippen LogP contribution in [-0.4, -0.2) is 29.3 Å². The highest BCUT2D eigenvalue weighted by Gasteiger charge is 2.34. The van der Waals surface area contributed by atoms with Gasteiger partial charge in [0.05, 0.1) is 6.04 Å². The Hall–Kier alpha value is -3.18. The van der Waals surface area contributed by atoms with E-state index in [0.717, 1.165) is 22.4 Å². The lowest BCUT2D eigenvalue weighted by molar-refractivity contribution is 0.0694. The van der Waals surface area contributed by atoms with Gasteiger partial charge in [-0.1, -0.05) is 23.7 Å². The fraction of sp³-hybridized carbons (Fsp3) is 0.174. The maximum atomic E-state index is 13.4. The van der Waals surface area contributed by atoms with Crippen LogP contribution in [0.15, 0.2) is 60.7 Å². The predicted molar refractivity (Wildman–Crippen MR) is 109 cm³/mol. The number of hydrogen-bond acceptors (Lipinski definition) is 4. The molecule has 0 fully saturated rings. The van der Waals surface area contributed by atoms with E-state index in [2.05, 4.69) is 0 Å². The summed E-state index contributed by atoms with van der Waals surface area (Å²) < 4.78 is 11.1. The topological polar surface area (TPSA) is 59.0 Å². The van der Waals surface area contributed by atoms with E-state index in [-0.39, 0.29) is 24.5 Å². The Bertz CT molecular complexity index is 1100. The van der Waals surface area contributed by atoms with Gasteiger partial charge in [-0.25, -0.2) is 0 Å². The van der Waals surface area contributed by atoms with Crippen LogP contribution in [0.25, 0.3) is 0 Å². The molecule has 1 N–H and O–H groups in total. The number of nitrogens with zero attached hydrogens (tertiary/aromatic N) is 1. The maximum Gasteiger partial charge on any atom is 0.254 e. The number of ether oxygens (including phenoxy) is 2. The van der Waals surface area contributed by atoms with Gasteiger partial charge in [-0.05, 0) is 71.6 Å². The van der Waals surface area contributed by atoms with Gasteiger partial charge in [0.15, 0.2) is 11.5 Å². The van der Waals surface area contributed by atoms with Crippen molar-refractivity contribution in [1.29, 1.82) is 0 Å². The Morgan fingerprint density at radius 2 is 1.79 bits per heavy atom. The fourth-order valence-electron chi connectivity index (χ4n) is 4.04. The monoisotopic (exact) mass is 407 g/mol. The average Bonchev–Trinajstić information content (AvgIpc) is 3.18. The standard InChI is InChI=1S/C23H18ClNO4/c24-17-6-4-14(5-7-17)23(27)25-9-8-15-11-20-21(29-13-28-20)12-19(15)22(25)16-2-1-3-18(26)10-16/h1-7,10-12,22,26H,8-9,13H2. The van der Waals surface area contributed by atoms with Gasteiger partial charge in [-0.3, -0.25) is 4.79 Å². The molecule has 2 aliphatic heterocycles. The summed E-state index contributed by atoms with van der Waals surface area (Å²) >= 11 is 5.99. The number of aromatic hydroxyl groups is 1. The summed E-state index contributed by atoms with van der Waals surface area (Å²) in [5.41, 5.74) is 3.51. The third kappa shape index (κ3) is 3.17. The Morgan fingerprint density at radius 1 is 1.03 bits per heavy atom. The molecule has 1 unspecified atom stereocenters. The second-order valence-corrected chi connectivity index (χ2v) is 7.59. The smallest absolute Gasteiger partial charge is 0.254 e. The first-order valence-electron chi connectivity index (χ1n) is 9.38. The van der Waals surface area contributed by atoms with Gasteiger partial charge in [-0.15, -0.1) is 0 Å². The zero-order valence-corrected chi connectivity index (χ0v) is 16.2. The Kier molecular flexibility index (Phi) is 4.32. The molecule has 2 heterocycles. The number of carbonyl (C=O) groups is 1. The van der Waals surface area contributed by atoms with Crippen LogP contribution in [0.2, 0.25) is 5.02 Å². The summed E-state index contributed by atoms with van der Waals surface area (Å²) in [6, 6.07) is 17.5. The van der Waals surface area contributed by atoms with Gasteiger partial charge in [0.2, 0.25) is 6.79 Å². The lowest BCUT2D eigenvalue weighted by atomic mass is 9.87. The maximum absolute atomic E-state index is 13.4. The summed E-state index contributed by atoms with van der Waals surface area (Å²) in [6.45, 7) is 0.747. The van der Waals surface area contributed by atoms with E-state index in [1.165, 1.54) is 0 Å². The van der Waals surface area contributed by atoms with Crippen molar-refractivity contribution in [2.75, 3.05) is 13.3 Å². The van der Waals surface area contributed by atoms with Crippen LogP contribution in [0.3, 0.4) is 0 Å². The lowest BCUT2D eigenvalue weighted by Gasteiger charge is -2.38. The van der Waals surface area contributed by atoms with Gasteiger partial charge >= 0.3 is 0 Å². The largest absolute Gasteiger partial charge is 0.508 e. The first kappa shape index (κ1) is 17.9. The summed E-state index contributed by atoms with van der Waals surface area (Å²) in [5.74, 6) is 1.48. The van der Waals surface area contributed by atoms with Crippen molar-refractivity contribution in [2.45, 2.75) is 12.5 Å². The minimum absolute atomic E-state index is 0.0849. The molecule has 0 saturated carbocycles. The molecule has 0 spiro atoms. The second-order valence-electron chi connectivity index (χ2n) is 7.16. The van der Waals surface area contributed by atoms with Crippen molar-refractivity contribution >= 4 is 17.5 Å². The van der Waals surface area contributed by atoms with Crippen LogP contribution in [0.1, 0.15) is 33.1 Å². The van der Waals surface area contributed by atoms with Gasteiger partial charge in [-0.2, -0.15) is 0 Å². The summed E-state index contributed by atoms with van der Waals surface area (Å²) in [5, 5.41) is 10.6. The van der Waals surface area contributed by atoms with E-state index in [1.54, 1.807) is 42.5 Å². The molecule has 0 radical (unpaired) electrons. The van der Waals surface area contributed by atoms with Crippen LogP contribution in [0.5, 0.6) is 17.2 Å². The molecule has 2 aliphatic rings. The van der Waals surface area contributed by atoms with Crippen molar-refractivity contribution in [3.63, 3.8) is 0 Å². The summed E-state index contributed by atoms with van der Waals surface area (Å²) in [6.07, 6.45) is 0.709. The SMILES string of the molecule is O=C(c1ccc(Cl)cc1)N1CCc2cc3c(cc2C1c1cccc(O)c1)OCO3. The summed E-state index contributed by atoms with van der Waals surface area (Å²) in [4.78, 5) is 15.2. The second kappa shape index (κ2) is 7.01. The van der Waals surface area contributed by atoms with Crippen molar-refractivity contribution in [1.82, 2.24) is 4.90 Å². The van der Waals surface area contributed by atoms with Gasteiger partial charge in [0.1, 0.15) is 5.75 Å². The van der Waals surface area contributed by atoms with Crippen LogP contribution in [0.4, 0.5) is 0 Å². The average molecular weight is 408 g/mol. The molecular formula is C23H18ClNO4. The Labute approximate surface area is 173 Å². The first-order chi connectivity index (χ1) is 14.1. The third-order valence-electron chi connectivity index (χ3n) is 5.40. The zero-order valence-electron chi connectivity index (χ0n) is 15.5. The zero-order chi connectivity index (χ0) is 20.0. The lowest BCUT2D eigenvalue weighted by Crippen LogP contribution is -2.40. The molecule has 0 saturated heterocycles. The molecule has 29 heavy (non-hydrogen) atoms. The van der Waals surface area contributed by atoms with Gasteiger partial charge < -0.3 is 19.5 Å². The number of amides is 1. The minimum atomic E-state index is -0.344. The molecule has 0 aromatic heterocycles. The molecule has 6 heteroatoms. The molecule has 5 nitrogen and oxygen atoms in total. The summed E-state index contributed by atoms with van der Waals surface area (Å²) in [7, 11) is 0. The number of phenols is 1. The Morgan fingerprint density at radius 3 is 2.55 bits per heavy atom. The molecule has 146 valence electrons. The highest BCUT2D eigenvalue weighted by atomic mass is 35.5. The number of halogens is 1. The van der Waals surface area contributed by atoms with Crippen molar-refractivity contribution in [3.05, 3.63) is 87.9 Å². The fourth-order valence-corrected chi connectivity index (χ4v) is 4.17. The highest BCUT2D eigenvalue weighted by Crippen LogP contribution is 2.43. The molecule has 1 atom stereocenters. The molecule has 5 rings (SSSR count). The van der Waals surface area contributed by atoms with Crippen LogP contribution in [0, 0.1) is 0 Å². The van der Waals surface area contributed by atoms with E-state index in [1.807, 2.05) is 23.1 Å². The van der Waals surface area contributed by atoms with Crippen LogP contribution in [-0.2, 0) is 6.42 Å². The van der Waals surface area contributed by atoms with E-state index in [0.29, 0.717) is 29.3 Å². The normalized spacial score (nSPS) is 17.1. The van der Waals surface area contributed by atoms with E-state index in [9.17, 15) is 9.90 Å². The molecule has 3 aromatic rings. The van der Waals surface area contributed by atoms with E-state index in [4.69, 9.17) is 21.1 Å². The number of rotatable bonds is 2. The number of carbonyl (C=O) groups excluding carboxylic acids is 1. The van der Waals surface area contributed by atoms with Gasteiger partial charge in [0.25, 0.3) is 5.91 Å². The highest BCUT2D eigenvalue weighted by molar-refractivity contribution is 6.30. The molecule has 0 aliphatic carbocycles. The van der Waals surface area contributed by atoms with Crippen molar-refractivity contribution in [3.8, 4) is 17.2 Å². The van der Waals surface area contributed by atoms with Crippen LogP contribution < -0.4 is 9.47 Å². The molecule has 1 amide bonds. The third-order valence-corrected chi connectivity index (χ3v) is 5.65. The van der Waals surface area contributed by atoms with E-state index >= 15 is 0 Å². The van der Waals surface area contributed by atoms with Crippen molar-refractivity contribution < 1.29 is 19.4 Å². The van der Waals surface area contributed by atoms with E-state index < -0.39 is 0 Å². The molecular weight excluding hydrogens is 390 g/mol. The first-order valence-corrected chi connectivity index (χ1v) is 9.76. The number of hydrogen-bond donors (Lipinski definition) is 1.